The number of alkyl carbamates (subject to hydrolysis) is 1. The maximum atomic E-state index is 14.2. The summed E-state index contributed by atoms with van der Waals surface area (Å²) >= 11 is 2.18. The number of esters is 2. The zero-order valence-electron chi connectivity index (χ0n) is 38.9. The fraction of sp³-hybridized carbons (Fsp3) is 0.524. The lowest BCUT2D eigenvalue weighted by Crippen LogP contribution is -2.62. The SMILES string of the molecule is CNc1c(NC(=O)NCCNC(=O)OC(C)(C)C)c[n+](CC2=C(C(=O)OCc3ccc(OC)cc3)N3C(=O)[C@@H](CC(=O)/C(=N\OC(C)(C)C(=O)OC(C)(C)C)c4nsc(N)n4)[C@H]3SC2)n1C. The van der Waals surface area contributed by atoms with Gasteiger partial charge in [-0.1, -0.05) is 17.3 Å². The Morgan fingerprint density at radius 2 is 1.65 bits per heavy atom. The van der Waals surface area contributed by atoms with Gasteiger partial charge in [0.15, 0.2) is 34.7 Å². The van der Waals surface area contributed by atoms with E-state index in [1.807, 2.05) is 0 Å². The first-order valence-corrected chi connectivity index (χ1v) is 22.6. The lowest BCUT2D eigenvalue weighted by atomic mass is 9.89. The minimum atomic E-state index is -1.62. The van der Waals surface area contributed by atoms with E-state index in [2.05, 4.69) is 35.8 Å². The summed E-state index contributed by atoms with van der Waals surface area (Å²) < 4.78 is 29.4. The van der Waals surface area contributed by atoms with Crippen molar-refractivity contribution in [2.75, 3.05) is 49.4 Å². The number of ether oxygens (including phenoxy) is 4. The van der Waals surface area contributed by atoms with Crippen LogP contribution in [-0.4, -0.2) is 116 Å². The van der Waals surface area contributed by atoms with Crippen LogP contribution in [0.1, 0.15) is 73.2 Å². The van der Waals surface area contributed by atoms with Crippen LogP contribution in [-0.2, 0) is 58.4 Å². The number of nitrogens with one attached hydrogen (secondary N) is 4. The predicted octanol–water partition coefficient (Wildman–Crippen LogP) is 3.47. The largest absolute Gasteiger partial charge is 0.497 e. The van der Waals surface area contributed by atoms with Crippen molar-refractivity contribution in [1.82, 2.24) is 29.6 Å². The Morgan fingerprint density at radius 1 is 0.985 bits per heavy atom. The van der Waals surface area contributed by atoms with E-state index in [1.54, 1.807) is 103 Å². The highest BCUT2D eigenvalue weighted by Gasteiger charge is 2.55. The molecule has 66 heavy (non-hydrogen) atoms. The lowest BCUT2D eigenvalue weighted by Gasteiger charge is -2.49. The summed E-state index contributed by atoms with van der Waals surface area (Å²) in [6, 6.07) is 6.43. The number of hydrogen-bond donors (Lipinski definition) is 5. The molecule has 2 aliphatic rings. The van der Waals surface area contributed by atoms with E-state index in [9.17, 15) is 28.8 Å². The summed E-state index contributed by atoms with van der Waals surface area (Å²) in [5.41, 5.74) is 4.01. The fourth-order valence-electron chi connectivity index (χ4n) is 6.47. The number of carbonyl (C=O) groups is 6. The van der Waals surface area contributed by atoms with Gasteiger partial charge in [-0.3, -0.25) is 19.8 Å². The van der Waals surface area contributed by atoms with Gasteiger partial charge in [0.1, 0.15) is 29.3 Å². The van der Waals surface area contributed by atoms with Crippen LogP contribution in [0.25, 0.3) is 0 Å². The maximum Gasteiger partial charge on any atom is 0.407 e. The van der Waals surface area contributed by atoms with Gasteiger partial charge in [-0.2, -0.15) is 9.36 Å². The molecular formula is C42H58N11O11S2+. The van der Waals surface area contributed by atoms with E-state index in [0.29, 0.717) is 28.4 Å². The monoisotopic (exact) mass is 956 g/mol. The van der Waals surface area contributed by atoms with Crippen LogP contribution in [0.2, 0.25) is 0 Å². The molecule has 5 rings (SSSR count). The van der Waals surface area contributed by atoms with E-state index >= 15 is 0 Å². The van der Waals surface area contributed by atoms with Gasteiger partial charge < -0.3 is 45.5 Å². The van der Waals surface area contributed by atoms with Crippen molar-refractivity contribution in [3.05, 3.63) is 53.1 Å². The third-order valence-electron chi connectivity index (χ3n) is 9.62. The Hall–Kier alpha value is -6.43. The number of aromatic nitrogens is 4. The molecule has 0 saturated carbocycles. The Balaban J connectivity index is 1.37. The number of methoxy groups -OCH3 is 1. The second kappa shape index (κ2) is 20.8. The van der Waals surface area contributed by atoms with Gasteiger partial charge in [-0.05, 0) is 73.1 Å². The molecule has 0 radical (unpaired) electrons. The molecule has 1 aromatic carbocycles. The maximum absolute atomic E-state index is 14.2. The van der Waals surface area contributed by atoms with Gasteiger partial charge in [0.05, 0.1) is 25.4 Å². The number of anilines is 3. The molecular weight excluding hydrogens is 899 g/mol. The number of benzene rings is 1. The molecule has 6 N–H and O–H groups in total. The standard InChI is InChI=1S/C42H57N11O11S2/c1-40(2,3)62-36(57)42(7,8)64-49-29(31-48-37(43)66-50-31)28(54)18-26-33(55)53-30(35(56)61-21-23-12-14-25(60-11)15-13-23)24(22-65-34(26)53)19-52-20-27(32(44-9)51(52)10)47-38(58)45-16-17-46-39(59)63-41(4,5)6/h12-15,20,26,34H,16-19,21-22H2,1-11H3,(H5,43,45,46,47,48,50,58,59)/p+1/b49-29+/t26-,34-/m1/s1. The van der Waals surface area contributed by atoms with Crippen molar-refractivity contribution in [2.24, 2.45) is 18.1 Å². The van der Waals surface area contributed by atoms with Crippen LogP contribution in [0.5, 0.6) is 5.75 Å². The van der Waals surface area contributed by atoms with E-state index in [4.69, 9.17) is 29.5 Å². The number of thioether (sulfide) groups is 1. The van der Waals surface area contributed by atoms with E-state index in [-0.39, 0.29) is 60.8 Å². The molecule has 2 atom stereocenters. The summed E-state index contributed by atoms with van der Waals surface area (Å²) in [4.78, 5) is 91.3. The van der Waals surface area contributed by atoms with Crippen LogP contribution in [0.15, 0.2) is 46.9 Å². The smallest absolute Gasteiger partial charge is 0.407 e. The minimum absolute atomic E-state index is 0.0238. The molecule has 0 spiro atoms. The number of Topliss-reactive ketones (excluding diaryl/α,β-unsaturated/α-hetero) is 1. The number of β-lactam (4-membered cyclic amide) rings is 1. The van der Waals surface area contributed by atoms with Gasteiger partial charge in [-0.25, -0.2) is 19.2 Å². The first kappa shape index (κ1) is 50.6. The molecule has 24 heteroatoms. The summed E-state index contributed by atoms with van der Waals surface area (Å²) in [7, 11) is 4.97. The molecule has 0 aliphatic carbocycles. The number of urea groups is 1. The second-order valence-electron chi connectivity index (χ2n) is 17.6. The van der Waals surface area contributed by atoms with Gasteiger partial charge in [-0.15, -0.1) is 21.1 Å². The number of fused-ring (bicyclic) bond motifs is 1. The number of rotatable bonds is 18. The molecule has 4 amide bonds. The third-order valence-corrected chi connectivity index (χ3v) is 11.6. The number of ketones is 1. The van der Waals surface area contributed by atoms with Crippen LogP contribution in [0.4, 0.5) is 26.2 Å². The molecule has 0 bridgehead atoms. The predicted molar refractivity (Wildman–Crippen MR) is 244 cm³/mol. The Labute approximate surface area is 390 Å². The number of carbonyl (C=O) groups excluding carboxylic acids is 6. The topological polar surface area (TPSA) is 273 Å². The van der Waals surface area contributed by atoms with Gasteiger partial charge in [0.25, 0.3) is 0 Å². The van der Waals surface area contributed by atoms with E-state index in [1.165, 1.54) is 30.5 Å². The molecule has 1 saturated heterocycles. The van der Waals surface area contributed by atoms with Crippen molar-refractivity contribution in [2.45, 2.75) is 97.1 Å². The van der Waals surface area contributed by atoms with E-state index < -0.39 is 63.8 Å². The van der Waals surface area contributed by atoms with E-state index in [0.717, 1.165) is 11.5 Å². The third kappa shape index (κ3) is 12.9. The number of nitrogens with zero attached hydrogens (tertiary/aromatic N) is 6. The fourth-order valence-corrected chi connectivity index (χ4v) is 8.30. The lowest BCUT2D eigenvalue weighted by molar-refractivity contribution is -0.765. The summed E-state index contributed by atoms with van der Waals surface area (Å²) in [5.74, 6) is -2.31. The average Bonchev–Trinajstić information content (AvgIpc) is 3.79. The second-order valence-corrected chi connectivity index (χ2v) is 19.5. The molecule has 1 fully saturated rings. The number of oxime groups is 1. The Morgan fingerprint density at radius 3 is 2.26 bits per heavy atom. The van der Waals surface area contributed by atoms with Crippen molar-refractivity contribution >= 4 is 81.4 Å². The Kier molecular flexibility index (Phi) is 15.9. The molecule has 3 aromatic rings. The minimum Gasteiger partial charge on any atom is -0.497 e. The van der Waals surface area contributed by atoms with Gasteiger partial charge in [0, 0.05) is 49.4 Å². The van der Waals surface area contributed by atoms with Crippen LogP contribution >= 0.6 is 23.3 Å². The molecule has 22 nitrogen and oxygen atoms in total. The van der Waals surface area contributed by atoms with Crippen molar-refractivity contribution < 1.29 is 57.2 Å². The molecule has 358 valence electrons. The van der Waals surface area contributed by atoms with Crippen LogP contribution in [0.3, 0.4) is 0 Å². The highest BCUT2D eigenvalue weighted by molar-refractivity contribution is 8.00. The zero-order valence-corrected chi connectivity index (χ0v) is 40.5. The van der Waals surface area contributed by atoms with Gasteiger partial charge in [0.2, 0.25) is 23.5 Å². The molecule has 2 aliphatic heterocycles. The van der Waals surface area contributed by atoms with Crippen LogP contribution in [0, 0.1) is 5.92 Å². The number of nitrogen functional groups attached to an aromatic ring is 1. The van der Waals surface area contributed by atoms with Crippen LogP contribution < -0.4 is 36.4 Å². The first-order valence-electron chi connectivity index (χ1n) is 20.8. The number of nitrogens with two attached hydrogens (primary N) is 1. The van der Waals surface area contributed by atoms with Crippen molar-refractivity contribution in [1.29, 1.82) is 0 Å². The summed E-state index contributed by atoms with van der Waals surface area (Å²) in [5, 5.41) is 14.6. The normalized spacial score (nSPS) is 16.4. The Bertz CT molecular complexity index is 2380. The molecule has 2 aromatic heterocycles. The molecule has 0 unspecified atom stereocenters. The first-order chi connectivity index (χ1) is 30.9. The van der Waals surface area contributed by atoms with Crippen molar-refractivity contribution in [3.8, 4) is 5.75 Å². The highest BCUT2D eigenvalue weighted by atomic mass is 32.2. The van der Waals surface area contributed by atoms with Crippen molar-refractivity contribution in [3.63, 3.8) is 0 Å². The summed E-state index contributed by atoms with van der Waals surface area (Å²) in [6.45, 7) is 13.4. The molecule has 4 heterocycles. The quantitative estimate of drug-likeness (QED) is 0.0232. The zero-order chi connectivity index (χ0) is 48.7. The number of hydrogen-bond acceptors (Lipinski definition) is 18. The average molecular weight is 957 g/mol. The van der Waals surface area contributed by atoms with Gasteiger partial charge >= 0.3 is 24.1 Å². The number of amides is 4. The highest BCUT2D eigenvalue weighted by Crippen LogP contribution is 2.46. The summed E-state index contributed by atoms with van der Waals surface area (Å²) in [6.07, 6.45) is 0.694.